The monoisotopic (exact) mass is 732 g/mol. The molecule has 2 aromatic rings. The molecule has 2 heterocycles. The lowest BCUT2D eigenvalue weighted by Gasteiger charge is -2.18. The second-order valence-corrected chi connectivity index (χ2v) is 11.5. The lowest BCUT2D eigenvalue weighted by atomic mass is 10.2. The number of carbonyl (C=O) groups excluding carboxylic acids is 6. The zero-order chi connectivity index (χ0) is 38.1. The van der Waals surface area contributed by atoms with Gasteiger partial charge in [-0.25, -0.2) is 29.1 Å². The molecular formula is C34H48N6O12. The van der Waals surface area contributed by atoms with Crippen LogP contribution in [0.25, 0.3) is 0 Å². The van der Waals surface area contributed by atoms with Gasteiger partial charge in [-0.1, -0.05) is 26.0 Å². The smallest absolute Gasteiger partial charge is 0.407 e. The third kappa shape index (κ3) is 19.5. The van der Waals surface area contributed by atoms with Crippen LogP contribution in [0.5, 0.6) is 0 Å². The molecule has 18 nitrogen and oxygen atoms in total. The van der Waals surface area contributed by atoms with Gasteiger partial charge >= 0.3 is 36.1 Å². The molecule has 0 spiro atoms. The van der Waals surface area contributed by atoms with Crippen molar-refractivity contribution in [3.8, 4) is 0 Å². The van der Waals surface area contributed by atoms with Crippen molar-refractivity contribution in [2.45, 2.75) is 77.7 Å². The van der Waals surface area contributed by atoms with Crippen molar-refractivity contribution in [2.24, 2.45) is 0 Å². The van der Waals surface area contributed by atoms with Crippen molar-refractivity contribution in [3.05, 3.63) is 61.7 Å². The van der Waals surface area contributed by atoms with Crippen LogP contribution in [0.15, 0.2) is 61.7 Å². The van der Waals surface area contributed by atoms with Crippen molar-refractivity contribution in [1.29, 1.82) is 0 Å². The van der Waals surface area contributed by atoms with Gasteiger partial charge in [0.15, 0.2) is 12.2 Å². The number of nitrogens with zero attached hydrogens (tertiary/aromatic N) is 4. The fraction of sp³-hybridized carbons (Fsp3) is 0.529. The van der Waals surface area contributed by atoms with E-state index in [0.717, 1.165) is 0 Å². The summed E-state index contributed by atoms with van der Waals surface area (Å²) < 4.78 is 34.6. The summed E-state index contributed by atoms with van der Waals surface area (Å²) in [4.78, 5) is 80.5. The normalized spacial score (nSPS) is 11.7. The fourth-order valence-electron chi connectivity index (χ4n) is 3.98. The summed E-state index contributed by atoms with van der Waals surface area (Å²) in [7, 11) is 0. The van der Waals surface area contributed by atoms with Crippen LogP contribution in [0.3, 0.4) is 0 Å². The summed E-state index contributed by atoms with van der Waals surface area (Å²) in [6.07, 6.45) is 8.83. The van der Waals surface area contributed by atoms with Gasteiger partial charge < -0.3 is 48.2 Å². The highest BCUT2D eigenvalue weighted by atomic mass is 16.6. The van der Waals surface area contributed by atoms with E-state index in [2.05, 4.69) is 33.8 Å². The van der Waals surface area contributed by atoms with Crippen molar-refractivity contribution < 1.29 is 57.2 Å². The molecule has 2 amide bonds. The number of hydrogen-bond donors (Lipinski definition) is 2. The Morgan fingerprint density at radius 1 is 0.615 bits per heavy atom. The van der Waals surface area contributed by atoms with Gasteiger partial charge in [-0.3, -0.25) is 9.59 Å². The second kappa shape index (κ2) is 24.5. The summed E-state index contributed by atoms with van der Waals surface area (Å²) in [5.41, 5.74) is 0.324. The van der Waals surface area contributed by atoms with Crippen molar-refractivity contribution in [2.75, 3.05) is 39.5 Å². The molecule has 286 valence electrons. The number of carbonyl (C=O) groups is 6. The van der Waals surface area contributed by atoms with E-state index in [0.29, 0.717) is 38.8 Å². The molecule has 2 aromatic heterocycles. The number of aromatic nitrogens is 4. The van der Waals surface area contributed by atoms with E-state index >= 15 is 0 Å². The molecule has 2 N–H and O–H groups in total. The lowest BCUT2D eigenvalue weighted by Crippen LogP contribution is -2.36. The number of rotatable bonds is 25. The molecular weight excluding hydrogens is 684 g/mol. The molecule has 0 saturated heterocycles. The van der Waals surface area contributed by atoms with Crippen molar-refractivity contribution >= 4 is 36.1 Å². The molecule has 2 rings (SSSR count). The highest BCUT2D eigenvalue weighted by Crippen LogP contribution is 2.05. The molecule has 0 saturated carbocycles. The average Bonchev–Trinajstić information content (AvgIpc) is 3.84. The minimum absolute atomic E-state index is 0.0661. The van der Waals surface area contributed by atoms with E-state index in [1.165, 1.54) is 13.8 Å². The summed E-state index contributed by atoms with van der Waals surface area (Å²) >= 11 is 0. The number of amides is 2. The largest absolute Gasteiger partial charge is 0.462 e. The van der Waals surface area contributed by atoms with Gasteiger partial charge in [0, 0.05) is 62.1 Å². The van der Waals surface area contributed by atoms with Crippen LogP contribution in [0.2, 0.25) is 0 Å². The predicted octanol–water partition coefficient (Wildman–Crippen LogP) is 2.64. The maximum atomic E-state index is 12.4. The standard InChI is InChI=1S/C34H48N6O12/c1-25(2)31(43)49-21-27(19-47-29(41)9-15-39-17-13-35-23-39)51-33(45)37-11-7-5-6-8-12-38-34(46)52-28(22-50-32(44)26(3)4)20-48-30(42)10-16-40-18-14-36-24-40/h13-14,17-18,23-24,27-28H,1,3,5-12,15-16,19-22H2,2,4H3,(H,37,45)(H,38,46). The molecule has 18 heteroatoms. The Hall–Kier alpha value is -5.68. The van der Waals surface area contributed by atoms with Gasteiger partial charge in [0.2, 0.25) is 0 Å². The molecule has 0 aliphatic carbocycles. The Kier molecular flexibility index (Phi) is 20.0. The first-order valence-electron chi connectivity index (χ1n) is 16.7. The first-order chi connectivity index (χ1) is 24.9. The Balaban J connectivity index is 1.65. The van der Waals surface area contributed by atoms with Crippen molar-refractivity contribution in [3.63, 3.8) is 0 Å². The van der Waals surface area contributed by atoms with Gasteiger partial charge in [0.05, 0.1) is 25.5 Å². The van der Waals surface area contributed by atoms with Crippen LogP contribution in [-0.2, 0) is 60.7 Å². The van der Waals surface area contributed by atoms with Crippen LogP contribution in [-0.4, -0.2) is 107 Å². The zero-order valence-electron chi connectivity index (χ0n) is 29.6. The summed E-state index contributed by atoms with van der Waals surface area (Å²) in [5, 5.41) is 5.21. The van der Waals surface area contributed by atoms with Gasteiger partial charge in [-0.2, -0.15) is 0 Å². The Labute approximate surface area is 301 Å². The topological polar surface area (TPSA) is 217 Å². The zero-order valence-corrected chi connectivity index (χ0v) is 29.6. The molecule has 0 aliphatic heterocycles. The predicted molar refractivity (Wildman–Crippen MR) is 182 cm³/mol. The number of unbranched alkanes of at least 4 members (excludes halogenated alkanes) is 3. The van der Waals surface area contributed by atoms with E-state index in [1.54, 1.807) is 46.6 Å². The number of hydrogen-bond acceptors (Lipinski definition) is 14. The lowest BCUT2D eigenvalue weighted by molar-refractivity contribution is -0.152. The molecule has 2 unspecified atom stereocenters. The van der Waals surface area contributed by atoms with Gasteiger partial charge in [-0.05, 0) is 26.7 Å². The number of ether oxygens (including phenoxy) is 6. The molecule has 0 aromatic carbocycles. The summed E-state index contributed by atoms with van der Waals surface area (Å²) in [6.45, 7) is 9.95. The highest BCUT2D eigenvalue weighted by Gasteiger charge is 2.21. The maximum absolute atomic E-state index is 12.4. The minimum atomic E-state index is -1.04. The second-order valence-electron chi connectivity index (χ2n) is 11.5. The van der Waals surface area contributed by atoms with E-state index in [1.807, 2.05) is 0 Å². The summed E-state index contributed by atoms with van der Waals surface area (Å²) in [6, 6.07) is 0. The van der Waals surface area contributed by atoms with Crippen LogP contribution >= 0.6 is 0 Å². The van der Waals surface area contributed by atoms with E-state index < -0.39 is 48.3 Å². The van der Waals surface area contributed by atoms with Crippen molar-refractivity contribution in [1.82, 2.24) is 29.7 Å². The van der Waals surface area contributed by atoms with E-state index in [9.17, 15) is 28.8 Å². The van der Waals surface area contributed by atoms with E-state index in [4.69, 9.17) is 28.4 Å². The number of aryl methyl sites for hydroxylation is 2. The van der Waals surface area contributed by atoms with Crippen LogP contribution in [0, 0.1) is 0 Å². The quantitative estimate of drug-likeness (QED) is 0.0650. The van der Waals surface area contributed by atoms with Gasteiger partial charge in [-0.15, -0.1) is 0 Å². The molecule has 0 aliphatic rings. The molecule has 0 radical (unpaired) electrons. The minimum Gasteiger partial charge on any atom is -0.462 e. The third-order valence-corrected chi connectivity index (χ3v) is 6.81. The number of nitrogens with one attached hydrogen (secondary N) is 2. The van der Waals surface area contributed by atoms with Gasteiger partial charge in [0.1, 0.15) is 26.4 Å². The SMILES string of the molecule is C=C(C)C(=O)OCC(COC(=O)CCn1ccnc1)OC(=O)NCCCCCCNC(=O)OC(COC(=O)CCn1ccnc1)COC(=O)C(=C)C. The Morgan fingerprint density at radius 2 is 1.00 bits per heavy atom. The Morgan fingerprint density at radius 3 is 1.35 bits per heavy atom. The van der Waals surface area contributed by atoms with Gasteiger partial charge in [0.25, 0.3) is 0 Å². The molecule has 0 bridgehead atoms. The van der Waals surface area contributed by atoms with Crippen LogP contribution < -0.4 is 10.6 Å². The maximum Gasteiger partial charge on any atom is 0.407 e. The number of esters is 4. The van der Waals surface area contributed by atoms with Crippen LogP contribution in [0.1, 0.15) is 52.4 Å². The molecule has 52 heavy (non-hydrogen) atoms. The Bertz CT molecular complexity index is 1340. The summed E-state index contributed by atoms with van der Waals surface area (Å²) in [5.74, 6) is -2.41. The third-order valence-electron chi connectivity index (χ3n) is 6.81. The van der Waals surface area contributed by atoms with E-state index in [-0.39, 0.29) is 63.5 Å². The number of alkyl carbamates (subject to hydrolysis) is 2. The highest BCUT2D eigenvalue weighted by molar-refractivity contribution is 5.87. The fourth-order valence-corrected chi connectivity index (χ4v) is 3.98. The average molecular weight is 733 g/mol. The van der Waals surface area contributed by atoms with Crippen LogP contribution in [0.4, 0.5) is 9.59 Å². The molecule has 2 atom stereocenters. The first kappa shape index (κ1) is 42.5. The molecule has 0 fully saturated rings. The number of imidazole rings is 2. The first-order valence-corrected chi connectivity index (χ1v) is 16.7.